The van der Waals surface area contributed by atoms with Crippen LogP contribution in [0.5, 0.6) is 0 Å². The highest BCUT2D eigenvalue weighted by Gasteiger charge is 2.30. The second-order valence-electron chi connectivity index (χ2n) is 6.44. The summed E-state index contributed by atoms with van der Waals surface area (Å²) in [6, 6.07) is 15.2. The molecule has 3 rings (SSSR count). The Morgan fingerprint density at radius 1 is 1.16 bits per heavy atom. The molecule has 1 N–H and O–H groups in total. The van der Waals surface area contributed by atoms with Crippen LogP contribution in [0.1, 0.15) is 23.1 Å². The smallest absolute Gasteiger partial charge is 0.225 e. The van der Waals surface area contributed by atoms with E-state index in [9.17, 15) is 9.59 Å². The monoisotopic (exact) mass is 356 g/mol. The number of nitrogens with zero attached hydrogens (tertiary/aromatic N) is 1. The van der Waals surface area contributed by atoms with Gasteiger partial charge in [0.15, 0.2) is 0 Å². The zero-order valence-electron chi connectivity index (χ0n) is 14.2. The molecular weight excluding hydrogens is 336 g/mol. The number of hydrogen-bond donors (Lipinski definition) is 1. The molecule has 1 aliphatic rings. The van der Waals surface area contributed by atoms with Gasteiger partial charge in [0.2, 0.25) is 11.8 Å². The molecule has 0 aliphatic carbocycles. The Morgan fingerprint density at radius 3 is 2.56 bits per heavy atom. The summed E-state index contributed by atoms with van der Waals surface area (Å²) >= 11 is 6.17. The van der Waals surface area contributed by atoms with E-state index in [4.69, 9.17) is 11.6 Å². The van der Waals surface area contributed by atoms with Gasteiger partial charge in [0, 0.05) is 24.5 Å². The first-order valence-corrected chi connectivity index (χ1v) is 8.76. The van der Waals surface area contributed by atoms with Gasteiger partial charge in [-0.1, -0.05) is 54.1 Å². The van der Waals surface area contributed by atoms with E-state index in [0.29, 0.717) is 31.0 Å². The van der Waals surface area contributed by atoms with Crippen molar-refractivity contribution in [2.75, 3.05) is 6.54 Å². The van der Waals surface area contributed by atoms with E-state index in [-0.39, 0.29) is 17.9 Å². The Kier molecular flexibility index (Phi) is 5.39. The fourth-order valence-electron chi connectivity index (χ4n) is 3.11. The predicted molar refractivity (Wildman–Crippen MR) is 98.3 cm³/mol. The van der Waals surface area contributed by atoms with Gasteiger partial charge >= 0.3 is 0 Å². The fourth-order valence-corrected chi connectivity index (χ4v) is 3.31. The van der Waals surface area contributed by atoms with Crippen LogP contribution in [0.25, 0.3) is 0 Å². The maximum Gasteiger partial charge on any atom is 0.225 e. The summed E-state index contributed by atoms with van der Waals surface area (Å²) in [6.07, 6.45) is 0.672. The molecule has 2 amide bonds. The molecule has 0 bridgehead atoms. The van der Waals surface area contributed by atoms with E-state index in [1.165, 1.54) is 0 Å². The largest absolute Gasteiger partial charge is 0.351 e. The second kappa shape index (κ2) is 7.70. The molecule has 2 aromatic carbocycles. The van der Waals surface area contributed by atoms with Gasteiger partial charge in [-0.05, 0) is 29.7 Å². The van der Waals surface area contributed by atoms with Gasteiger partial charge in [-0.2, -0.15) is 0 Å². The molecule has 1 saturated heterocycles. The summed E-state index contributed by atoms with van der Waals surface area (Å²) in [5.74, 6) is -0.00666. The lowest BCUT2D eigenvalue weighted by Crippen LogP contribution is -2.38. The third kappa shape index (κ3) is 4.40. The van der Waals surface area contributed by atoms with Crippen LogP contribution in [-0.4, -0.2) is 29.3 Å². The second-order valence-corrected chi connectivity index (χ2v) is 6.84. The molecule has 130 valence electrons. The van der Waals surface area contributed by atoms with Crippen molar-refractivity contribution in [3.05, 3.63) is 70.2 Å². The molecule has 2 aromatic rings. The van der Waals surface area contributed by atoms with Crippen molar-refractivity contribution < 1.29 is 9.59 Å². The SMILES string of the molecule is Cc1ccccc1CC(=O)NC1CC(=O)N(Cc2ccccc2Cl)C1. The topological polar surface area (TPSA) is 49.4 Å². The summed E-state index contributed by atoms with van der Waals surface area (Å²) in [5.41, 5.74) is 3.03. The molecule has 1 aliphatic heterocycles. The van der Waals surface area contributed by atoms with Crippen molar-refractivity contribution in [3.8, 4) is 0 Å². The summed E-state index contributed by atoms with van der Waals surface area (Å²) in [4.78, 5) is 26.3. The molecule has 0 spiro atoms. The zero-order valence-corrected chi connectivity index (χ0v) is 14.9. The van der Waals surface area contributed by atoms with E-state index < -0.39 is 0 Å². The highest BCUT2D eigenvalue weighted by Crippen LogP contribution is 2.20. The quantitative estimate of drug-likeness (QED) is 0.894. The molecule has 1 unspecified atom stereocenters. The molecule has 0 saturated carbocycles. The molecule has 0 aromatic heterocycles. The Balaban J connectivity index is 1.56. The van der Waals surface area contributed by atoms with Crippen LogP contribution in [0.4, 0.5) is 0 Å². The van der Waals surface area contributed by atoms with E-state index in [2.05, 4.69) is 5.32 Å². The Labute approximate surface area is 152 Å². The number of carbonyl (C=O) groups is 2. The number of amides is 2. The summed E-state index contributed by atoms with van der Waals surface area (Å²) in [6.45, 7) is 2.99. The minimum Gasteiger partial charge on any atom is -0.351 e. The standard InChI is InChI=1S/C20H21ClN2O2/c1-14-6-2-3-7-15(14)10-19(24)22-17-11-20(25)23(13-17)12-16-8-4-5-9-18(16)21/h2-9,17H,10-13H2,1H3,(H,22,24). The molecule has 1 fully saturated rings. The third-order valence-corrected chi connectivity index (χ3v) is 4.88. The van der Waals surface area contributed by atoms with E-state index in [0.717, 1.165) is 16.7 Å². The van der Waals surface area contributed by atoms with Crippen LogP contribution >= 0.6 is 11.6 Å². The normalized spacial score (nSPS) is 17.0. The molecule has 25 heavy (non-hydrogen) atoms. The van der Waals surface area contributed by atoms with Crippen molar-refractivity contribution in [1.82, 2.24) is 10.2 Å². The predicted octanol–water partition coefficient (Wildman–Crippen LogP) is 3.11. The number of likely N-dealkylation sites (tertiary alicyclic amines) is 1. The van der Waals surface area contributed by atoms with Crippen molar-refractivity contribution in [2.24, 2.45) is 0 Å². The summed E-state index contributed by atoms with van der Waals surface area (Å²) in [7, 11) is 0. The number of aryl methyl sites for hydroxylation is 1. The fraction of sp³-hybridized carbons (Fsp3) is 0.300. The van der Waals surface area contributed by atoms with E-state index in [1.54, 1.807) is 4.90 Å². The van der Waals surface area contributed by atoms with Gasteiger partial charge < -0.3 is 10.2 Å². The number of carbonyl (C=O) groups excluding carboxylic acids is 2. The number of halogens is 1. The Morgan fingerprint density at radius 2 is 1.84 bits per heavy atom. The van der Waals surface area contributed by atoms with Gasteiger partial charge in [-0.25, -0.2) is 0 Å². The van der Waals surface area contributed by atoms with E-state index >= 15 is 0 Å². The molecule has 5 heteroatoms. The Hall–Kier alpha value is -2.33. The molecular formula is C20H21ClN2O2. The average Bonchev–Trinajstić information content (AvgIpc) is 2.91. The average molecular weight is 357 g/mol. The number of benzene rings is 2. The highest BCUT2D eigenvalue weighted by molar-refractivity contribution is 6.31. The number of nitrogens with one attached hydrogen (secondary N) is 1. The maximum absolute atomic E-state index is 12.3. The molecule has 0 radical (unpaired) electrons. The van der Waals surface area contributed by atoms with Gasteiger partial charge in [0.1, 0.15) is 0 Å². The van der Waals surface area contributed by atoms with Crippen LogP contribution in [0.15, 0.2) is 48.5 Å². The lowest BCUT2D eigenvalue weighted by molar-refractivity contribution is -0.128. The summed E-state index contributed by atoms with van der Waals surface area (Å²) < 4.78 is 0. The number of rotatable bonds is 5. The molecule has 1 heterocycles. The molecule has 1 atom stereocenters. The first-order valence-electron chi connectivity index (χ1n) is 8.38. The summed E-state index contributed by atoms with van der Waals surface area (Å²) in [5, 5.41) is 3.64. The lowest BCUT2D eigenvalue weighted by Gasteiger charge is -2.18. The third-order valence-electron chi connectivity index (χ3n) is 4.51. The van der Waals surface area contributed by atoms with Crippen molar-refractivity contribution in [1.29, 1.82) is 0 Å². The first-order chi connectivity index (χ1) is 12.0. The highest BCUT2D eigenvalue weighted by atomic mass is 35.5. The van der Waals surface area contributed by atoms with Crippen LogP contribution in [0, 0.1) is 6.92 Å². The molecule has 4 nitrogen and oxygen atoms in total. The van der Waals surface area contributed by atoms with Crippen LogP contribution < -0.4 is 5.32 Å². The maximum atomic E-state index is 12.3. The van der Waals surface area contributed by atoms with Gasteiger partial charge in [-0.15, -0.1) is 0 Å². The number of hydrogen-bond acceptors (Lipinski definition) is 2. The van der Waals surface area contributed by atoms with Crippen molar-refractivity contribution in [2.45, 2.75) is 32.4 Å². The minimum absolute atomic E-state index is 0.0427. The van der Waals surface area contributed by atoms with Crippen molar-refractivity contribution in [3.63, 3.8) is 0 Å². The minimum atomic E-state index is -0.147. The van der Waals surface area contributed by atoms with Crippen LogP contribution in [0.2, 0.25) is 5.02 Å². The van der Waals surface area contributed by atoms with Crippen molar-refractivity contribution >= 4 is 23.4 Å². The van der Waals surface area contributed by atoms with Crippen LogP contribution in [0.3, 0.4) is 0 Å². The first kappa shape index (κ1) is 17.5. The zero-order chi connectivity index (χ0) is 17.8. The lowest BCUT2D eigenvalue weighted by atomic mass is 10.1. The van der Waals surface area contributed by atoms with E-state index in [1.807, 2.05) is 55.5 Å². The van der Waals surface area contributed by atoms with Crippen LogP contribution in [-0.2, 0) is 22.6 Å². The van der Waals surface area contributed by atoms with Gasteiger partial charge in [0.25, 0.3) is 0 Å². The Bertz CT molecular complexity index is 791. The van der Waals surface area contributed by atoms with Gasteiger partial charge in [0.05, 0.1) is 12.5 Å². The van der Waals surface area contributed by atoms with Gasteiger partial charge in [-0.3, -0.25) is 9.59 Å².